The number of benzene rings is 1. The van der Waals surface area contributed by atoms with E-state index in [9.17, 15) is 18.4 Å². The molecule has 0 aromatic heterocycles. The van der Waals surface area contributed by atoms with E-state index >= 15 is 0 Å². The Hall–Kier alpha value is -1.54. The maximum Gasteiger partial charge on any atom is 0.326 e. The van der Waals surface area contributed by atoms with Gasteiger partial charge in [-0.05, 0) is 25.0 Å². The van der Waals surface area contributed by atoms with Crippen molar-refractivity contribution >= 4 is 27.8 Å². The molecule has 0 saturated heterocycles. The lowest BCUT2D eigenvalue weighted by Crippen LogP contribution is -2.41. The number of aliphatic carboxylic acids is 1. The molecule has 0 aliphatic heterocycles. The van der Waals surface area contributed by atoms with Gasteiger partial charge in [0.2, 0.25) is 0 Å². The SMILES string of the molecule is COCCCC(NC(=O)c1c(F)cc(Br)cc1F)C(=O)O. The lowest BCUT2D eigenvalue weighted by molar-refractivity contribution is -0.139. The molecule has 1 unspecified atom stereocenters. The number of rotatable bonds is 7. The van der Waals surface area contributed by atoms with Crippen molar-refractivity contribution in [3.63, 3.8) is 0 Å². The maximum atomic E-state index is 13.6. The number of carboxylic acids is 1. The smallest absolute Gasteiger partial charge is 0.326 e. The Balaban J connectivity index is 2.85. The summed E-state index contributed by atoms with van der Waals surface area (Å²) in [6.45, 7) is 0.320. The molecule has 0 fully saturated rings. The van der Waals surface area contributed by atoms with E-state index in [1.54, 1.807) is 0 Å². The molecular formula is C13H14BrF2NO4. The minimum Gasteiger partial charge on any atom is -0.480 e. The topological polar surface area (TPSA) is 75.6 Å². The van der Waals surface area contributed by atoms with Gasteiger partial charge in [0, 0.05) is 18.2 Å². The number of ether oxygens (including phenoxy) is 1. The predicted molar refractivity (Wildman–Crippen MR) is 74.1 cm³/mol. The van der Waals surface area contributed by atoms with Crippen molar-refractivity contribution < 1.29 is 28.2 Å². The summed E-state index contributed by atoms with van der Waals surface area (Å²) < 4.78 is 32.2. The first-order chi connectivity index (χ1) is 9.86. The average molecular weight is 366 g/mol. The summed E-state index contributed by atoms with van der Waals surface area (Å²) >= 11 is 2.89. The van der Waals surface area contributed by atoms with Gasteiger partial charge in [-0.1, -0.05) is 15.9 Å². The average Bonchev–Trinajstić information content (AvgIpc) is 2.36. The zero-order chi connectivity index (χ0) is 16.0. The Morgan fingerprint density at radius 2 is 1.95 bits per heavy atom. The molecule has 0 radical (unpaired) electrons. The zero-order valence-corrected chi connectivity index (χ0v) is 12.7. The fraction of sp³-hybridized carbons (Fsp3) is 0.385. The van der Waals surface area contributed by atoms with Gasteiger partial charge in [0.05, 0.1) is 0 Å². The van der Waals surface area contributed by atoms with Crippen molar-refractivity contribution in [3.05, 3.63) is 33.8 Å². The van der Waals surface area contributed by atoms with Crippen molar-refractivity contribution in [1.29, 1.82) is 0 Å². The van der Waals surface area contributed by atoms with Crippen molar-refractivity contribution in [2.45, 2.75) is 18.9 Å². The van der Waals surface area contributed by atoms with E-state index in [0.717, 1.165) is 12.1 Å². The molecule has 21 heavy (non-hydrogen) atoms. The molecule has 116 valence electrons. The van der Waals surface area contributed by atoms with E-state index in [-0.39, 0.29) is 10.9 Å². The minimum atomic E-state index is -1.28. The Bertz CT molecular complexity index is 516. The summed E-state index contributed by atoms with van der Waals surface area (Å²) in [4.78, 5) is 22.9. The number of methoxy groups -OCH3 is 1. The van der Waals surface area contributed by atoms with Crippen LogP contribution in [0.5, 0.6) is 0 Å². The second-order valence-corrected chi connectivity index (χ2v) is 5.16. The van der Waals surface area contributed by atoms with E-state index in [0.29, 0.717) is 13.0 Å². The van der Waals surface area contributed by atoms with Gasteiger partial charge in [0.1, 0.15) is 23.2 Å². The van der Waals surface area contributed by atoms with E-state index in [2.05, 4.69) is 21.2 Å². The third-order valence-corrected chi connectivity index (χ3v) is 3.14. The first kappa shape index (κ1) is 17.5. The van der Waals surface area contributed by atoms with Crippen LogP contribution in [0, 0.1) is 11.6 Å². The number of amides is 1. The Morgan fingerprint density at radius 3 is 2.43 bits per heavy atom. The highest BCUT2D eigenvalue weighted by Crippen LogP contribution is 2.19. The molecule has 0 bridgehead atoms. The second kappa shape index (κ2) is 8.04. The fourth-order valence-corrected chi connectivity index (χ4v) is 2.08. The molecule has 0 aliphatic carbocycles. The van der Waals surface area contributed by atoms with E-state index < -0.39 is 35.1 Å². The van der Waals surface area contributed by atoms with Crippen molar-refractivity contribution in [1.82, 2.24) is 5.32 Å². The molecule has 0 aliphatic rings. The van der Waals surface area contributed by atoms with Gasteiger partial charge in [0.25, 0.3) is 5.91 Å². The molecule has 1 aromatic carbocycles. The summed E-state index contributed by atoms with van der Waals surface area (Å²) in [6, 6.07) is 0.618. The summed E-state index contributed by atoms with van der Waals surface area (Å²) in [7, 11) is 1.46. The van der Waals surface area contributed by atoms with Crippen LogP contribution in [0.25, 0.3) is 0 Å². The molecule has 5 nitrogen and oxygen atoms in total. The molecule has 0 heterocycles. The highest BCUT2D eigenvalue weighted by atomic mass is 79.9. The molecule has 2 N–H and O–H groups in total. The van der Waals surface area contributed by atoms with Gasteiger partial charge in [0.15, 0.2) is 0 Å². The number of hydrogen-bond donors (Lipinski definition) is 2. The summed E-state index contributed by atoms with van der Waals surface area (Å²) in [5.41, 5.74) is -0.809. The summed E-state index contributed by atoms with van der Waals surface area (Å²) in [6.07, 6.45) is 0.480. The van der Waals surface area contributed by atoms with Gasteiger partial charge in [-0.15, -0.1) is 0 Å². The zero-order valence-electron chi connectivity index (χ0n) is 11.2. The molecule has 8 heteroatoms. The van der Waals surface area contributed by atoms with Gasteiger partial charge in [-0.25, -0.2) is 13.6 Å². The maximum absolute atomic E-state index is 13.6. The molecule has 1 rings (SSSR count). The molecule has 1 amide bonds. The Morgan fingerprint density at radius 1 is 1.38 bits per heavy atom. The fourth-order valence-electron chi connectivity index (χ4n) is 1.68. The molecular weight excluding hydrogens is 352 g/mol. The lowest BCUT2D eigenvalue weighted by Gasteiger charge is -2.15. The molecule has 1 atom stereocenters. The summed E-state index contributed by atoms with van der Waals surface area (Å²) in [5.74, 6) is -4.53. The monoisotopic (exact) mass is 365 g/mol. The van der Waals surface area contributed by atoms with Crippen molar-refractivity contribution in [2.24, 2.45) is 0 Å². The van der Waals surface area contributed by atoms with Crippen LogP contribution >= 0.6 is 15.9 Å². The van der Waals surface area contributed by atoms with Crippen molar-refractivity contribution in [3.8, 4) is 0 Å². The van der Waals surface area contributed by atoms with Crippen LogP contribution in [0.2, 0.25) is 0 Å². The quantitative estimate of drug-likeness (QED) is 0.727. The minimum absolute atomic E-state index is 0.0919. The van der Waals surface area contributed by atoms with Gasteiger partial charge in [-0.2, -0.15) is 0 Å². The van der Waals surface area contributed by atoms with Crippen LogP contribution in [0.1, 0.15) is 23.2 Å². The van der Waals surface area contributed by atoms with Gasteiger partial charge in [-0.3, -0.25) is 4.79 Å². The second-order valence-electron chi connectivity index (χ2n) is 4.24. The highest BCUT2D eigenvalue weighted by Gasteiger charge is 2.24. The van der Waals surface area contributed by atoms with Crippen molar-refractivity contribution in [2.75, 3.05) is 13.7 Å². The predicted octanol–water partition coefficient (Wildman–Crippen LogP) is 2.34. The van der Waals surface area contributed by atoms with Crippen LogP contribution < -0.4 is 5.32 Å². The van der Waals surface area contributed by atoms with E-state index in [1.165, 1.54) is 7.11 Å². The van der Waals surface area contributed by atoms with E-state index in [4.69, 9.17) is 9.84 Å². The lowest BCUT2D eigenvalue weighted by atomic mass is 10.1. The van der Waals surface area contributed by atoms with E-state index in [1.807, 2.05) is 0 Å². The molecule has 0 spiro atoms. The number of carbonyl (C=O) groups excluding carboxylic acids is 1. The number of hydrogen-bond acceptors (Lipinski definition) is 3. The number of halogens is 3. The summed E-state index contributed by atoms with van der Waals surface area (Å²) in [5, 5.41) is 11.1. The standard InChI is InChI=1S/C13H14BrF2NO4/c1-21-4-2-3-10(13(19)20)17-12(18)11-8(15)5-7(14)6-9(11)16/h5-6,10H,2-4H2,1H3,(H,17,18)(H,19,20). The third kappa shape index (κ3) is 5.05. The van der Waals surface area contributed by atoms with Crippen LogP contribution in [0.3, 0.4) is 0 Å². The van der Waals surface area contributed by atoms with Gasteiger partial charge >= 0.3 is 5.97 Å². The third-order valence-electron chi connectivity index (χ3n) is 2.68. The first-order valence-electron chi connectivity index (χ1n) is 6.04. The number of carboxylic acid groups (broad SMARTS) is 1. The van der Waals surface area contributed by atoms with Crippen LogP contribution in [0.15, 0.2) is 16.6 Å². The van der Waals surface area contributed by atoms with Crippen LogP contribution in [-0.2, 0) is 9.53 Å². The number of carbonyl (C=O) groups is 2. The Labute approximate surface area is 128 Å². The number of nitrogens with one attached hydrogen (secondary N) is 1. The first-order valence-corrected chi connectivity index (χ1v) is 6.83. The Kier molecular flexibility index (Phi) is 6.70. The molecule has 0 saturated carbocycles. The largest absolute Gasteiger partial charge is 0.480 e. The normalized spacial score (nSPS) is 12.0. The molecule has 1 aromatic rings. The van der Waals surface area contributed by atoms with Gasteiger partial charge < -0.3 is 15.2 Å². The van der Waals surface area contributed by atoms with Crippen LogP contribution in [0.4, 0.5) is 8.78 Å². The van der Waals surface area contributed by atoms with Crippen LogP contribution in [-0.4, -0.2) is 36.7 Å². The highest BCUT2D eigenvalue weighted by molar-refractivity contribution is 9.10.